The van der Waals surface area contributed by atoms with Gasteiger partial charge >= 0.3 is 0 Å². The van der Waals surface area contributed by atoms with Crippen molar-refractivity contribution < 1.29 is 9.53 Å². The number of nitrogens with one attached hydrogen (secondary N) is 1. The van der Waals surface area contributed by atoms with Gasteiger partial charge in [-0.25, -0.2) is 4.98 Å². The molecule has 0 atom stereocenters. The van der Waals surface area contributed by atoms with E-state index in [2.05, 4.69) is 16.4 Å². The number of nitriles is 1. The predicted molar refractivity (Wildman–Crippen MR) is 81.1 cm³/mol. The number of hydrogen-bond acceptors (Lipinski definition) is 5. The molecule has 1 N–H and O–H groups in total. The van der Waals surface area contributed by atoms with Gasteiger partial charge in [-0.05, 0) is 26.0 Å². The Hall–Kier alpha value is -2.13. The van der Waals surface area contributed by atoms with Gasteiger partial charge in [-0.1, -0.05) is 0 Å². The van der Waals surface area contributed by atoms with Gasteiger partial charge in [0.1, 0.15) is 5.82 Å². The number of methoxy groups -OCH3 is 1. The van der Waals surface area contributed by atoms with Gasteiger partial charge in [0.15, 0.2) is 0 Å². The Bertz CT molecular complexity index is 511. The van der Waals surface area contributed by atoms with E-state index in [4.69, 9.17) is 10.00 Å². The molecule has 114 valence electrons. The lowest BCUT2D eigenvalue weighted by atomic mass is 10.2. The summed E-state index contributed by atoms with van der Waals surface area (Å²) in [6.07, 6.45) is 0.305. The lowest BCUT2D eigenvalue weighted by molar-refractivity contribution is 0.0699. The highest BCUT2D eigenvalue weighted by Crippen LogP contribution is 2.13. The van der Waals surface area contributed by atoms with Crippen LogP contribution in [-0.4, -0.2) is 49.1 Å². The van der Waals surface area contributed by atoms with Crippen LogP contribution in [0, 0.1) is 18.3 Å². The molecule has 21 heavy (non-hydrogen) atoms. The minimum Gasteiger partial charge on any atom is -0.383 e. The molecule has 0 radical (unpaired) electrons. The molecule has 0 fully saturated rings. The summed E-state index contributed by atoms with van der Waals surface area (Å²) in [5, 5.41) is 11.8. The van der Waals surface area contributed by atoms with Crippen LogP contribution in [-0.2, 0) is 4.74 Å². The number of carbonyl (C=O) groups is 1. The van der Waals surface area contributed by atoms with Crippen molar-refractivity contribution in [1.29, 1.82) is 5.26 Å². The molecule has 1 aromatic heterocycles. The molecule has 1 aromatic rings. The molecule has 0 bridgehead atoms. The molecule has 1 amide bonds. The average molecular weight is 290 g/mol. The Morgan fingerprint density at radius 2 is 2.24 bits per heavy atom. The van der Waals surface area contributed by atoms with Crippen molar-refractivity contribution in [3.8, 4) is 6.07 Å². The van der Waals surface area contributed by atoms with Crippen LogP contribution in [0.15, 0.2) is 12.1 Å². The van der Waals surface area contributed by atoms with E-state index in [1.54, 1.807) is 24.1 Å². The second-order valence-corrected chi connectivity index (χ2v) is 4.61. The minimum absolute atomic E-state index is 0.105. The fourth-order valence-electron chi connectivity index (χ4n) is 1.95. The fourth-order valence-corrected chi connectivity index (χ4v) is 1.95. The topological polar surface area (TPSA) is 78.2 Å². The summed E-state index contributed by atoms with van der Waals surface area (Å²) in [5.41, 5.74) is 1.36. The van der Waals surface area contributed by atoms with Crippen molar-refractivity contribution in [3.63, 3.8) is 0 Å². The van der Waals surface area contributed by atoms with Gasteiger partial charge < -0.3 is 15.0 Å². The molecule has 1 rings (SSSR count). The van der Waals surface area contributed by atoms with Crippen molar-refractivity contribution >= 4 is 11.7 Å². The maximum atomic E-state index is 12.6. The highest BCUT2D eigenvalue weighted by atomic mass is 16.5. The van der Waals surface area contributed by atoms with E-state index in [1.165, 1.54) is 0 Å². The van der Waals surface area contributed by atoms with Gasteiger partial charge in [0, 0.05) is 38.0 Å². The van der Waals surface area contributed by atoms with E-state index < -0.39 is 0 Å². The SMILES string of the molecule is CCNc1cc(C(=O)N(CCC#N)CCOC)cc(C)n1. The van der Waals surface area contributed by atoms with Crippen LogP contribution in [0.5, 0.6) is 0 Å². The van der Waals surface area contributed by atoms with Gasteiger partial charge in [0.25, 0.3) is 5.91 Å². The molecule has 0 saturated heterocycles. The quantitative estimate of drug-likeness (QED) is 0.790. The largest absolute Gasteiger partial charge is 0.383 e. The number of rotatable bonds is 8. The smallest absolute Gasteiger partial charge is 0.254 e. The van der Waals surface area contributed by atoms with Crippen molar-refractivity contribution in [2.24, 2.45) is 0 Å². The zero-order valence-electron chi connectivity index (χ0n) is 12.8. The molecule has 0 spiro atoms. The van der Waals surface area contributed by atoms with Crippen molar-refractivity contribution in [2.45, 2.75) is 20.3 Å². The first kappa shape index (κ1) is 16.9. The van der Waals surface area contributed by atoms with Gasteiger partial charge in [-0.2, -0.15) is 5.26 Å². The molecule has 0 aliphatic carbocycles. The minimum atomic E-state index is -0.105. The second-order valence-electron chi connectivity index (χ2n) is 4.61. The molecule has 0 unspecified atom stereocenters. The number of hydrogen-bond donors (Lipinski definition) is 1. The Morgan fingerprint density at radius 1 is 1.48 bits per heavy atom. The molecule has 0 aromatic carbocycles. The van der Waals surface area contributed by atoms with Crippen LogP contribution >= 0.6 is 0 Å². The van der Waals surface area contributed by atoms with Crippen LogP contribution in [0.4, 0.5) is 5.82 Å². The third kappa shape index (κ3) is 5.40. The first-order valence-corrected chi connectivity index (χ1v) is 7.00. The molecule has 0 aliphatic rings. The third-order valence-corrected chi connectivity index (χ3v) is 2.90. The number of pyridine rings is 1. The van der Waals surface area contributed by atoms with E-state index in [1.807, 2.05) is 13.8 Å². The van der Waals surface area contributed by atoms with Crippen molar-refractivity contribution in [3.05, 3.63) is 23.4 Å². The fraction of sp³-hybridized carbons (Fsp3) is 0.533. The first-order valence-electron chi connectivity index (χ1n) is 7.00. The van der Waals surface area contributed by atoms with E-state index in [0.717, 1.165) is 12.2 Å². The maximum Gasteiger partial charge on any atom is 0.254 e. The van der Waals surface area contributed by atoms with Gasteiger partial charge in [0.2, 0.25) is 0 Å². The summed E-state index contributed by atoms with van der Waals surface area (Å²) in [6.45, 7) is 5.88. The molecule has 0 aliphatic heterocycles. The normalized spacial score (nSPS) is 10.0. The summed E-state index contributed by atoms with van der Waals surface area (Å²) >= 11 is 0. The van der Waals surface area contributed by atoms with E-state index >= 15 is 0 Å². The molecule has 6 heteroatoms. The number of ether oxygens (including phenoxy) is 1. The maximum absolute atomic E-state index is 12.6. The first-order chi connectivity index (χ1) is 10.1. The highest BCUT2D eigenvalue weighted by molar-refractivity contribution is 5.95. The number of anilines is 1. The van der Waals surface area contributed by atoms with Crippen LogP contribution in [0.25, 0.3) is 0 Å². The predicted octanol–water partition coefficient (Wildman–Crippen LogP) is 1.82. The zero-order chi connectivity index (χ0) is 15.7. The van der Waals surface area contributed by atoms with Crippen LogP contribution in [0.3, 0.4) is 0 Å². The monoisotopic (exact) mass is 290 g/mol. The second kappa shape index (κ2) is 8.93. The lowest BCUT2D eigenvalue weighted by Crippen LogP contribution is -2.34. The van der Waals surface area contributed by atoms with E-state index in [9.17, 15) is 4.79 Å². The molecular formula is C15H22N4O2. The summed E-state index contributed by atoms with van der Waals surface area (Å²) in [5.74, 6) is 0.583. The van der Waals surface area contributed by atoms with Gasteiger partial charge in [-0.15, -0.1) is 0 Å². The summed E-state index contributed by atoms with van der Waals surface area (Å²) < 4.78 is 5.02. The number of aromatic nitrogens is 1. The van der Waals surface area contributed by atoms with Crippen molar-refractivity contribution in [1.82, 2.24) is 9.88 Å². The summed E-state index contributed by atoms with van der Waals surface area (Å²) in [7, 11) is 1.59. The molecule has 6 nitrogen and oxygen atoms in total. The number of aryl methyl sites for hydroxylation is 1. The van der Waals surface area contributed by atoms with Crippen LogP contribution in [0.2, 0.25) is 0 Å². The van der Waals surface area contributed by atoms with Gasteiger partial charge in [-0.3, -0.25) is 4.79 Å². The molecular weight excluding hydrogens is 268 g/mol. The number of amides is 1. The summed E-state index contributed by atoms with van der Waals surface area (Å²) in [6, 6.07) is 5.56. The lowest BCUT2D eigenvalue weighted by Gasteiger charge is -2.21. The van der Waals surface area contributed by atoms with Crippen LogP contribution in [0.1, 0.15) is 29.4 Å². The standard InChI is InChI=1S/C15H22N4O2/c1-4-17-14-11-13(10-12(2)18-14)15(20)19(7-5-6-16)8-9-21-3/h10-11H,4-5,7-9H2,1-3H3,(H,17,18). The van der Waals surface area contributed by atoms with E-state index in [0.29, 0.717) is 37.5 Å². The average Bonchev–Trinajstić information content (AvgIpc) is 2.46. The zero-order valence-corrected chi connectivity index (χ0v) is 12.8. The Morgan fingerprint density at radius 3 is 2.86 bits per heavy atom. The third-order valence-electron chi connectivity index (χ3n) is 2.90. The molecule has 0 saturated carbocycles. The number of carbonyl (C=O) groups excluding carboxylic acids is 1. The van der Waals surface area contributed by atoms with E-state index in [-0.39, 0.29) is 5.91 Å². The number of nitrogens with zero attached hydrogens (tertiary/aromatic N) is 3. The van der Waals surface area contributed by atoms with Crippen LogP contribution < -0.4 is 5.32 Å². The highest BCUT2D eigenvalue weighted by Gasteiger charge is 2.16. The molecule has 1 heterocycles. The summed E-state index contributed by atoms with van der Waals surface area (Å²) in [4.78, 5) is 18.5. The van der Waals surface area contributed by atoms with Gasteiger partial charge in [0.05, 0.1) is 19.1 Å². The van der Waals surface area contributed by atoms with Crippen molar-refractivity contribution in [2.75, 3.05) is 38.7 Å². The Kier molecular flexibility index (Phi) is 7.19. The Balaban J connectivity index is 2.93. The Labute approximate surface area is 125 Å².